The number of nitrogens with one attached hydrogen (secondary N) is 1. The number of phenolic OH excluding ortho intramolecular Hbond substituents is 1. The van der Waals surface area contributed by atoms with E-state index in [9.17, 15) is 9.18 Å². The lowest BCUT2D eigenvalue weighted by molar-refractivity contribution is 0.0899. The van der Waals surface area contributed by atoms with Gasteiger partial charge in [-0.3, -0.25) is 4.79 Å². The maximum atomic E-state index is 13.6. The minimum Gasteiger partial charge on any atom is -0.508 e. The van der Waals surface area contributed by atoms with Crippen LogP contribution in [-0.4, -0.2) is 21.9 Å². The molecule has 0 bridgehead atoms. The first kappa shape index (κ1) is 15.0. The number of carbonyl (C=O) groups excluding carboxylic acids is 1. The van der Waals surface area contributed by atoms with Gasteiger partial charge >= 0.3 is 0 Å². The van der Waals surface area contributed by atoms with Gasteiger partial charge in [0.2, 0.25) is 0 Å². The summed E-state index contributed by atoms with van der Waals surface area (Å²) in [4.78, 5) is 12.0. The van der Waals surface area contributed by atoms with Gasteiger partial charge in [-0.1, -0.05) is 29.8 Å². The Morgan fingerprint density at radius 1 is 1.44 bits per heavy atom. The maximum Gasteiger partial charge on any atom is 0.254 e. The second kappa shape index (κ2) is 6.18. The van der Waals surface area contributed by atoms with E-state index in [4.69, 9.17) is 5.11 Å². The highest BCUT2D eigenvalue weighted by Gasteiger charge is 2.28. The van der Waals surface area contributed by atoms with Gasteiger partial charge < -0.3 is 10.4 Å². The third-order valence-electron chi connectivity index (χ3n) is 3.19. The number of phenols is 1. The Balaban J connectivity index is 2.94. The average molecular weight is 318 g/mol. The van der Waals surface area contributed by atoms with Crippen LogP contribution in [0.3, 0.4) is 0 Å². The maximum absolute atomic E-state index is 13.6. The summed E-state index contributed by atoms with van der Waals surface area (Å²) >= 11 is 3.38. The Morgan fingerprint density at radius 2 is 2.06 bits per heavy atom. The van der Waals surface area contributed by atoms with Crippen molar-refractivity contribution in [3.63, 3.8) is 0 Å². The Bertz CT molecular complexity index is 425. The normalized spacial score (nSPS) is 11.3. The molecule has 0 aliphatic rings. The molecule has 1 aromatic rings. The molecule has 18 heavy (non-hydrogen) atoms. The number of benzene rings is 1. The first-order chi connectivity index (χ1) is 8.48. The molecule has 0 radical (unpaired) electrons. The number of rotatable bonds is 5. The predicted octanol–water partition coefficient (Wildman–Crippen LogP) is 3.21. The van der Waals surface area contributed by atoms with Crippen molar-refractivity contribution >= 4 is 21.8 Å². The zero-order chi connectivity index (χ0) is 13.8. The van der Waals surface area contributed by atoms with Crippen LogP contribution in [0.5, 0.6) is 5.75 Å². The van der Waals surface area contributed by atoms with Crippen molar-refractivity contribution in [1.29, 1.82) is 0 Å². The third kappa shape index (κ3) is 3.22. The highest BCUT2D eigenvalue weighted by Crippen LogP contribution is 2.20. The van der Waals surface area contributed by atoms with Crippen molar-refractivity contribution in [2.24, 2.45) is 0 Å². The van der Waals surface area contributed by atoms with Gasteiger partial charge in [0.05, 0.1) is 5.56 Å². The molecule has 0 atom stereocenters. The van der Waals surface area contributed by atoms with Crippen LogP contribution < -0.4 is 5.32 Å². The van der Waals surface area contributed by atoms with E-state index in [-0.39, 0.29) is 16.9 Å². The quantitative estimate of drug-likeness (QED) is 0.819. The van der Waals surface area contributed by atoms with E-state index in [1.165, 1.54) is 12.1 Å². The summed E-state index contributed by atoms with van der Waals surface area (Å²) in [7, 11) is 0. The highest BCUT2D eigenvalue weighted by molar-refractivity contribution is 9.09. The lowest BCUT2D eigenvalue weighted by atomic mass is 9.95. The smallest absolute Gasteiger partial charge is 0.254 e. The summed E-state index contributed by atoms with van der Waals surface area (Å²) in [5.41, 5.74) is -0.429. The first-order valence-electron chi connectivity index (χ1n) is 5.85. The lowest BCUT2D eigenvalue weighted by Crippen LogP contribution is -2.49. The van der Waals surface area contributed by atoms with Gasteiger partial charge in [-0.05, 0) is 25.0 Å². The van der Waals surface area contributed by atoms with Crippen LogP contribution in [0.25, 0.3) is 0 Å². The number of alkyl halides is 1. The van der Waals surface area contributed by atoms with E-state index in [0.717, 1.165) is 18.9 Å². The van der Waals surface area contributed by atoms with Crippen LogP contribution in [0.2, 0.25) is 0 Å². The number of carbonyl (C=O) groups is 1. The van der Waals surface area contributed by atoms with Crippen molar-refractivity contribution in [3.8, 4) is 5.75 Å². The summed E-state index contributed by atoms with van der Waals surface area (Å²) in [6.07, 6.45) is 1.50. The monoisotopic (exact) mass is 317 g/mol. The Hall–Kier alpha value is -1.10. The number of hydrogen-bond donors (Lipinski definition) is 2. The van der Waals surface area contributed by atoms with Gasteiger partial charge in [-0.15, -0.1) is 0 Å². The standard InChI is InChI=1S/C13H17BrFNO2/c1-3-13(4-2,8-14)16-12(18)10-6-5-9(17)7-11(10)15/h5-7,17H,3-4,8H2,1-2H3,(H,16,18). The summed E-state index contributed by atoms with van der Waals surface area (Å²) in [5, 5.41) is 12.6. The number of aromatic hydroxyl groups is 1. The van der Waals surface area contributed by atoms with Crippen molar-refractivity contribution in [3.05, 3.63) is 29.6 Å². The first-order valence-corrected chi connectivity index (χ1v) is 6.97. The lowest BCUT2D eigenvalue weighted by Gasteiger charge is -2.31. The van der Waals surface area contributed by atoms with Gasteiger partial charge in [-0.2, -0.15) is 0 Å². The molecular weight excluding hydrogens is 301 g/mol. The van der Waals surface area contributed by atoms with Crippen molar-refractivity contribution in [2.75, 3.05) is 5.33 Å². The molecule has 0 aliphatic heterocycles. The Labute approximate surface area is 115 Å². The summed E-state index contributed by atoms with van der Waals surface area (Å²) in [6, 6.07) is 3.51. The van der Waals surface area contributed by atoms with E-state index < -0.39 is 11.7 Å². The van der Waals surface area contributed by atoms with Crippen LogP contribution in [0, 0.1) is 5.82 Å². The third-order valence-corrected chi connectivity index (χ3v) is 4.26. The summed E-state index contributed by atoms with van der Waals surface area (Å²) in [6.45, 7) is 3.94. The van der Waals surface area contributed by atoms with Crippen LogP contribution >= 0.6 is 15.9 Å². The van der Waals surface area contributed by atoms with Crippen molar-refractivity contribution in [2.45, 2.75) is 32.2 Å². The van der Waals surface area contributed by atoms with Crippen LogP contribution in [0.4, 0.5) is 4.39 Å². The average Bonchev–Trinajstić information content (AvgIpc) is 2.36. The fourth-order valence-electron chi connectivity index (χ4n) is 1.65. The molecule has 1 aromatic carbocycles. The molecule has 0 unspecified atom stereocenters. The van der Waals surface area contributed by atoms with Gasteiger partial charge in [0.1, 0.15) is 11.6 Å². The molecule has 100 valence electrons. The summed E-state index contributed by atoms with van der Waals surface area (Å²) in [5.74, 6) is -1.37. The van der Waals surface area contributed by atoms with Crippen molar-refractivity contribution in [1.82, 2.24) is 5.32 Å². The Morgan fingerprint density at radius 3 is 2.50 bits per heavy atom. The molecule has 5 heteroatoms. The second-order valence-electron chi connectivity index (χ2n) is 4.24. The number of halogens is 2. The Kier molecular flexibility index (Phi) is 5.14. The molecule has 1 rings (SSSR count). The molecule has 3 nitrogen and oxygen atoms in total. The van der Waals surface area contributed by atoms with E-state index in [1.807, 2.05) is 13.8 Å². The highest BCUT2D eigenvalue weighted by atomic mass is 79.9. The largest absolute Gasteiger partial charge is 0.508 e. The fourth-order valence-corrected chi connectivity index (χ4v) is 2.58. The molecule has 0 saturated heterocycles. The molecule has 0 heterocycles. The van der Waals surface area contributed by atoms with E-state index in [2.05, 4.69) is 21.2 Å². The molecule has 0 saturated carbocycles. The van der Waals surface area contributed by atoms with Crippen LogP contribution in [-0.2, 0) is 0 Å². The van der Waals surface area contributed by atoms with Crippen LogP contribution in [0.1, 0.15) is 37.0 Å². The number of hydrogen-bond acceptors (Lipinski definition) is 2. The molecule has 0 aromatic heterocycles. The van der Waals surface area contributed by atoms with Gasteiger partial charge in [0, 0.05) is 16.9 Å². The topological polar surface area (TPSA) is 49.3 Å². The minimum atomic E-state index is -0.719. The molecule has 1 amide bonds. The van der Waals surface area contributed by atoms with Crippen LogP contribution in [0.15, 0.2) is 18.2 Å². The van der Waals surface area contributed by atoms with Gasteiger partial charge in [0.15, 0.2) is 0 Å². The molecule has 0 aliphatic carbocycles. The minimum absolute atomic E-state index is 0.0555. The van der Waals surface area contributed by atoms with Gasteiger partial charge in [0.25, 0.3) is 5.91 Å². The zero-order valence-corrected chi connectivity index (χ0v) is 12.1. The SMILES string of the molecule is CCC(CC)(CBr)NC(=O)c1ccc(O)cc1F. The molecule has 2 N–H and O–H groups in total. The summed E-state index contributed by atoms with van der Waals surface area (Å²) < 4.78 is 13.6. The second-order valence-corrected chi connectivity index (χ2v) is 4.80. The molecular formula is C13H17BrFNO2. The molecule has 0 fully saturated rings. The fraction of sp³-hybridized carbons (Fsp3) is 0.462. The van der Waals surface area contributed by atoms with E-state index in [0.29, 0.717) is 5.33 Å². The van der Waals surface area contributed by atoms with E-state index in [1.54, 1.807) is 0 Å². The van der Waals surface area contributed by atoms with E-state index >= 15 is 0 Å². The molecule has 0 spiro atoms. The van der Waals surface area contributed by atoms with Gasteiger partial charge in [-0.25, -0.2) is 4.39 Å². The number of amides is 1. The zero-order valence-electron chi connectivity index (χ0n) is 10.5. The predicted molar refractivity (Wildman–Crippen MR) is 72.6 cm³/mol. The van der Waals surface area contributed by atoms with Crippen molar-refractivity contribution < 1.29 is 14.3 Å².